The zero-order valence-corrected chi connectivity index (χ0v) is 11.9. The number of rotatable bonds is 6. The zero-order chi connectivity index (χ0) is 12.8. The topological polar surface area (TPSA) is 55.4 Å². The van der Waals surface area contributed by atoms with Gasteiger partial charge in [0.1, 0.15) is 6.29 Å². The molecular weight excluding hydrogens is 222 g/mol. The number of carbonyl (C=O) groups excluding carboxylic acids is 2. The van der Waals surface area contributed by atoms with Crippen LogP contribution in [-0.4, -0.2) is 33.1 Å². The maximum Gasteiger partial charge on any atom is 0.407 e. The van der Waals surface area contributed by atoms with Gasteiger partial charge in [0.2, 0.25) is 0 Å². The fraction of sp³-hybridized carbons (Fsp3) is 0.818. The van der Waals surface area contributed by atoms with E-state index in [-0.39, 0.29) is 5.92 Å². The van der Waals surface area contributed by atoms with Crippen molar-refractivity contribution in [3.05, 3.63) is 0 Å². The van der Waals surface area contributed by atoms with Crippen LogP contribution in [0, 0.1) is 5.92 Å². The largest absolute Gasteiger partial charge is 0.450 e. The molecule has 0 bridgehead atoms. The van der Waals surface area contributed by atoms with Crippen LogP contribution in [0.2, 0.25) is 25.7 Å². The SMILES string of the molecule is CC(C)[C@@H](C=O)NC(=O)OCC[Si](C)(C)C. The molecule has 5 heteroatoms. The van der Waals surface area contributed by atoms with Crippen LogP contribution in [0.25, 0.3) is 0 Å². The number of carbonyl (C=O) groups is 2. The van der Waals surface area contributed by atoms with E-state index in [1.165, 1.54) is 0 Å². The second kappa shape index (κ2) is 6.68. The van der Waals surface area contributed by atoms with Gasteiger partial charge in [-0.15, -0.1) is 0 Å². The van der Waals surface area contributed by atoms with Crippen molar-refractivity contribution in [1.82, 2.24) is 5.32 Å². The standard InChI is InChI=1S/C11H23NO3Si/c1-9(2)10(8-13)12-11(14)15-6-7-16(3,4)5/h8-10H,6-7H2,1-5H3,(H,12,14)/t10-/m1/s1. The second-order valence-corrected chi connectivity index (χ2v) is 11.1. The molecule has 4 nitrogen and oxygen atoms in total. The number of ether oxygens (including phenoxy) is 1. The van der Waals surface area contributed by atoms with Gasteiger partial charge in [-0.1, -0.05) is 33.5 Å². The molecule has 16 heavy (non-hydrogen) atoms. The number of nitrogens with one attached hydrogen (secondary N) is 1. The molecule has 0 aromatic rings. The number of aldehydes is 1. The molecule has 0 aromatic heterocycles. The summed E-state index contributed by atoms with van der Waals surface area (Å²) < 4.78 is 5.03. The quantitative estimate of drug-likeness (QED) is 0.577. The first-order valence-electron chi connectivity index (χ1n) is 5.65. The predicted octanol–water partition coefficient (Wildman–Crippen LogP) is 2.27. The van der Waals surface area contributed by atoms with Crippen LogP contribution >= 0.6 is 0 Å². The van der Waals surface area contributed by atoms with E-state index in [4.69, 9.17) is 4.74 Å². The highest BCUT2D eigenvalue weighted by molar-refractivity contribution is 6.76. The lowest BCUT2D eigenvalue weighted by Crippen LogP contribution is -2.40. The summed E-state index contributed by atoms with van der Waals surface area (Å²) in [5, 5.41) is 2.54. The van der Waals surface area contributed by atoms with Gasteiger partial charge in [0, 0.05) is 8.07 Å². The molecule has 0 spiro atoms. The predicted molar refractivity (Wildman–Crippen MR) is 67.3 cm³/mol. The van der Waals surface area contributed by atoms with Crippen molar-refractivity contribution in [2.45, 2.75) is 45.6 Å². The molecule has 0 fully saturated rings. The Morgan fingerprint density at radius 3 is 2.31 bits per heavy atom. The first-order valence-corrected chi connectivity index (χ1v) is 9.35. The smallest absolute Gasteiger partial charge is 0.407 e. The minimum absolute atomic E-state index is 0.0852. The number of hydrogen-bond acceptors (Lipinski definition) is 3. The van der Waals surface area contributed by atoms with E-state index in [1.807, 2.05) is 13.8 Å². The zero-order valence-electron chi connectivity index (χ0n) is 10.9. The normalized spacial score (nSPS) is 13.4. The maximum atomic E-state index is 11.3. The summed E-state index contributed by atoms with van der Waals surface area (Å²) in [6.07, 6.45) is 0.244. The molecular formula is C11H23NO3Si. The summed E-state index contributed by atoms with van der Waals surface area (Å²) in [7, 11) is -1.17. The number of hydrogen-bond donors (Lipinski definition) is 1. The highest BCUT2D eigenvalue weighted by atomic mass is 28.3. The Morgan fingerprint density at radius 1 is 1.38 bits per heavy atom. The molecule has 0 rings (SSSR count). The van der Waals surface area contributed by atoms with E-state index in [9.17, 15) is 9.59 Å². The Morgan fingerprint density at radius 2 is 1.94 bits per heavy atom. The van der Waals surface area contributed by atoms with Crippen LogP contribution in [0.15, 0.2) is 0 Å². The Kier molecular flexibility index (Phi) is 6.33. The van der Waals surface area contributed by atoms with Gasteiger partial charge < -0.3 is 14.8 Å². The lowest BCUT2D eigenvalue weighted by Gasteiger charge is -2.18. The molecule has 0 aliphatic carbocycles. The molecule has 94 valence electrons. The van der Waals surface area contributed by atoms with Crippen molar-refractivity contribution in [3.63, 3.8) is 0 Å². The van der Waals surface area contributed by atoms with E-state index in [2.05, 4.69) is 25.0 Å². The average Bonchev–Trinajstić information content (AvgIpc) is 2.11. The van der Waals surface area contributed by atoms with Gasteiger partial charge >= 0.3 is 6.09 Å². The van der Waals surface area contributed by atoms with Gasteiger partial charge in [-0.05, 0) is 12.0 Å². The maximum absolute atomic E-state index is 11.3. The van der Waals surface area contributed by atoms with Gasteiger partial charge in [-0.25, -0.2) is 4.79 Å². The van der Waals surface area contributed by atoms with E-state index in [1.54, 1.807) is 0 Å². The fourth-order valence-corrected chi connectivity index (χ4v) is 1.70. The molecule has 1 N–H and O–H groups in total. The van der Waals surface area contributed by atoms with Crippen molar-refractivity contribution in [2.24, 2.45) is 5.92 Å². The molecule has 0 saturated heterocycles. The van der Waals surface area contributed by atoms with Gasteiger partial charge in [-0.2, -0.15) is 0 Å². The van der Waals surface area contributed by atoms with Gasteiger partial charge in [0.25, 0.3) is 0 Å². The van der Waals surface area contributed by atoms with Crippen LogP contribution in [0.5, 0.6) is 0 Å². The minimum Gasteiger partial charge on any atom is -0.450 e. The molecule has 1 atom stereocenters. The Hall–Kier alpha value is -0.843. The van der Waals surface area contributed by atoms with Crippen LogP contribution in [0.3, 0.4) is 0 Å². The van der Waals surface area contributed by atoms with Crippen LogP contribution < -0.4 is 5.32 Å². The van der Waals surface area contributed by atoms with Crippen LogP contribution in [-0.2, 0) is 9.53 Å². The van der Waals surface area contributed by atoms with Crippen molar-refractivity contribution >= 4 is 20.5 Å². The molecule has 0 heterocycles. The van der Waals surface area contributed by atoms with E-state index >= 15 is 0 Å². The summed E-state index contributed by atoms with van der Waals surface area (Å²) in [4.78, 5) is 22.0. The van der Waals surface area contributed by atoms with E-state index < -0.39 is 20.2 Å². The van der Waals surface area contributed by atoms with E-state index in [0.717, 1.165) is 12.3 Å². The number of amides is 1. The molecule has 0 unspecified atom stereocenters. The molecule has 0 radical (unpaired) electrons. The monoisotopic (exact) mass is 245 g/mol. The highest BCUT2D eigenvalue weighted by Crippen LogP contribution is 2.07. The highest BCUT2D eigenvalue weighted by Gasteiger charge is 2.17. The Labute approximate surface area is 98.8 Å². The molecule has 0 saturated carbocycles. The van der Waals surface area contributed by atoms with Gasteiger partial charge in [0.15, 0.2) is 0 Å². The van der Waals surface area contributed by atoms with Gasteiger partial charge in [-0.3, -0.25) is 0 Å². The first-order chi connectivity index (χ1) is 7.26. The third-order valence-corrected chi connectivity index (χ3v) is 3.94. The minimum atomic E-state index is -1.17. The molecule has 0 aliphatic rings. The van der Waals surface area contributed by atoms with Crippen LogP contribution in [0.4, 0.5) is 4.79 Å². The van der Waals surface area contributed by atoms with Crippen molar-refractivity contribution < 1.29 is 14.3 Å². The fourth-order valence-electron chi connectivity index (χ4n) is 0.985. The van der Waals surface area contributed by atoms with E-state index in [0.29, 0.717) is 6.61 Å². The second-order valence-electron chi connectivity index (χ2n) is 5.50. The Balaban J connectivity index is 3.86. The van der Waals surface area contributed by atoms with Crippen molar-refractivity contribution in [1.29, 1.82) is 0 Å². The molecule has 0 aromatic carbocycles. The Bertz CT molecular complexity index is 236. The average molecular weight is 245 g/mol. The van der Waals surface area contributed by atoms with Gasteiger partial charge in [0.05, 0.1) is 12.6 Å². The summed E-state index contributed by atoms with van der Waals surface area (Å²) in [6.45, 7) is 10.8. The van der Waals surface area contributed by atoms with Crippen LogP contribution in [0.1, 0.15) is 13.8 Å². The molecule has 0 aliphatic heterocycles. The molecule has 1 amide bonds. The summed E-state index contributed by atoms with van der Waals surface area (Å²) in [6, 6.07) is 0.479. The first kappa shape index (κ1) is 15.2. The van der Waals surface area contributed by atoms with Crippen molar-refractivity contribution in [2.75, 3.05) is 6.61 Å². The summed E-state index contributed by atoms with van der Waals surface area (Å²) >= 11 is 0. The lowest BCUT2D eigenvalue weighted by molar-refractivity contribution is -0.110. The lowest BCUT2D eigenvalue weighted by atomic mass is 10.1. The summed E-state index contributed by atoms with van der Waals surface area (Å²) in [5.74, 6) is 0.0852. The third-order valence-electron chi connectivity index (χ3n) is 2.23. The number of alkyl carbamates (subject to hydrolysis) is 1. The third kappa shape index (κ3) is 7.45. The van der Waals surface area contributed by atoms with Crippen molar-refractivity contribution in [3.8, 4) is 0 Å². The summed E-state index contributed by atoms with van der Waals surface area (Å²) in [5.41, 5.74) is 0.